The number of aldehydes is 1. The summed E-state index contributed by atoms with van der Waals surface area (Å²) in [6.07, 6.45) is -0.309. The Balaban J connectivity index is 2.62. The number of nitrogens with one attached hydrogen (secondary N) is 1. The summed E-state index contributed by atoms with van der Waals surface area (Å²) in [6, 6.07) is 6.17. The molecule has 0 heterocycles. The van der Waals surface area contributed by atoms with Crippen molar-refractivity contribution in [3.05, 3.63) is 34.9 Å². The lowest BCUT2D eigenvalue weighted by molar-refractivity contribution is -0.109. The molecule has 1 unspecified atom stereocenters. The maximum Gasteiger partial charge on any atom is 0.405 e. The predicted octanol–water partition coefficient (Wildman–Crippen LogP) is 1.72. The van der Waals surface area contributed by atoms with Gasteiger partial charge in [0.2, 0.25) is 0 Å². The number of carbonyl (C=O) groups is 2. The summed E-state index contributed by atoms with van der Waals surface area (Å²) >= 11 is 5.69. The van der Waals surface area contributed by atoms with Gasteiger partial charge in [-0.25, -0.2) is 4.79 Å². The first-order valence-corrected chi connectivity index (χ1v) is 4.69. The molecule has 1 aromatic carbocycles. The molecule has 1 amide bonds. The van der Waals surface area contributed by atoms with E-state index in [1.54, 1.807) is 24.3 Å². The zero-order chi connectivity index (χ0) is 11.3. The molecule has 0 spiro atoms. The first-order chi connectivity index (χ1) is 7.11. The van der Waals surface area contributed by atoms with Crippen LogP contribution in [0.15, 0.2) is 24.3 Å². The van der Waals surface area contributed by atoms with Crippen molar-refractivity contribution in [1.29, 1.82) is 0 Å². The van der Waals surface area contributed by atoms with Gasteiger partial charge in [-0.05, 0) is 24.1 Å². The minimum absolute atomic E-state index is 0.326. The van der Waals surface area contributed by atoms with E-state index in [0.29, 0.717) is 17.7 Å². The Morgan fingerprint density at radius 3 is 2.53 bits per heavy atom. The molecule has 1 aromatic rings. The van der Waals surface area contributed by atoms with E-state index in [4.69, 9.17) is 16.7 Å². The minimum atomic E-state index is -1.21. The zero-order valence-corrected chi connectivity index (χ0v) is 8.57. The minimum Gasteiger partial charge on any atom is -0.465 e. The first kappa shape index (κ1) is 11.5. The van der Waals surface area contributed by atoms with Gasteiger partial charge in [0.05, 0.1) is 6.04 Å². The molecular formula is C10H10ClNO3. The standard InChI is InChI=1S/C10H10ClNO3/c11-8-3-1-7(2-4-8)5-9(6-13)12-10(14)15/h1-4,6,9,12H,5H2,(H,14,15). The lowest BCUT2D eigenvalue weighted by Crippen LogP contribution is -2.36. The highest BCUT2D eigenvalue weighted by Gasteiger charge is 2.10. The Hall–Kier alpha value is -1.55. The second-order valence-corrected chi connectivity index (χ2v) is 3.46. The third kappa shape index (κ3) is 3.99. The van der Waals surface area contributed by atoms with Crippen LogP contribution in [0.5, 0.6) is 0 Å². The lowest BCUT2D eigenvalue weighted by Gasteiger charge is -2.09. The molecule has 80 valence electrons. The van der Waals surface area contributed by atoms with Gasteiger partial charge in [0, 0.05) is 5.02 Å². The Morgan fingerprint density at radius 1 is 1.47 bits per heavy atom. The maximum atomic E-state index is 10.6. The summed E-state index contributed by atoms with van der Waals surface area (Å²) < 4.78 is 0. The van der Waals surface area contributed by atoms with Crippen LogP contribution in [0.2, 0.25) is 5.02 Å². The van der Waals surface area contributed by atoms with Crippen molar-refractivity contribution in [3.63, 3.8) is 0 Å². The Labute approximate surface area is 91.9 Å². The summed E-state index contributed by atoms with van der Waals surface area (Å²) in [7, 11) is 0. The van der Waals surface area contributed by atoms with E-state index >= 15 is 0 Å². The van der Waals surface area contributed by atoms with Crippen molar-refractivity contribution in [2.24, 2.45) is 0 Å². The fraction of sp³-hybridized carbons (Fsp3) is 0.200. The second kappa shape index (κ2) is 5.36. The van der Waals surface area contributed by atoms with Crippen LogP contribution in [0.25, 0.3) is 0 Å². The molecule has 0 aliphatic heterocycles. The van der Waals surface area contributed by atoms with Gasteiger partial charge < -0.3 is 15.2 Å². The van der Waals surface area contributed by atoms with Gasteiger partial charge in [-0.2, -0.15) is 0 Å². The molecule has 5 heteroatoms. The summed E-state index contributed by atoms with van der Waals surface area (Å²) in [5.74, 6) is 0. The number of carboxylic acid groups (broad SMARTS) is 1. The molecule has 0 aliphatic rings. The molecule has 0 aliphatic carbocycles. The van der Waals surface area contributed by atoms with Crippen LogP contribution in [0, 0.1) is 0 Å². The van der Waals surface area contributed by atoms with Gasteiger partial charge in [0.25, 0.3) is 0 Å². The quantitative estimate of drug-likeness (QED) is 0.770. The van der Waals surface area contributed by atoms with Crippen LogP contribution in [-0.4, -0.2) is 23.5 Å². The molecule has 0 saturated carbocycles. The van der Waals surface area contributed by atoms with Crippen molar-refractivity contribution in [3.8, 4) is 0 Å². The molecule has 0 saturated heterocycles. The topological polar surface area (TPSA) is 66.4 Å². The third-order valence-electron chi connectivity index (χ3n) is 1.84. The van der Waals surface area contributed by atoms with E-state index in [1.807, 2.05) is 0 Å². The molecule has 0 aromatic heterocycles. The first-order valence-electron chi connectivity index (χ1n) is 4.31. The van der Waals surface area contributed by atoms with Crippen molar-refractivity contribution in [2.75, 3.05) is 0 Å². The Morgan fingerprint density at radius 2 is 2.07 bits per heavy atom. The molecule has 2 N–H and O–H groups in total. The molecule has 1 atom stereocenters. The van der Waals surface area contributed by atoms with Crippen LogP contribution in [0.4, 0.5) is 4.79 Å². The lowest BCUT2D eigenvalue weighted by atomic mass is 10.1. The highest BCUT2D eigenvalue weighted by molar-refractivity contribution is 6.30. The summed E-state index contributed by atoms with van der Waals surface area (Å²) in [4.78, 5) is 20.9. The average molecular weight is 228 g/mol. The van der Waals surface area contributed by atoms with Gasteiger partial charge in [-0.3, -0.25) is 0 Å². The third-order valence-corrected chi connectivity index (χ3v) is 2.09. The summed E-state index contributed by atoms with van der Waals surface area (Å²) in [5.41, 5.74) is 0.852. The van der Waals surface area contributed by atoms with E-state index in [9.17, 15) is 9.59 Å². The van der Waals surface area contributed by atoms with E-state index in [0.717, 1.165) is 5.56 Å². The van der Waals surface area contributed by atoms with E-state index in [1.165, 1.54) is 0 Å². The van der Waals surface area contributed by atoms with Crippen molar-refractivity contribution >= 4 is 24.0 Å². The maximum absolute atomic E-state index is 10.6. The smallest absolute Gasteiger partial charge is 0.405 e. The number of hydrogen-bond acceptors (Lipinski definition) is 2. The number of halogens is 1. The number of amides is 1. The number of benzene rings is 1. The van der Waals surface area contributed by atoms with Crippen molar-refractivity contribution in [2.45, 2.75) is 12.5 Å². The van der Waals surface area contributed by atoms with Gasteiger partial charge in [0.1, 0.15) is 6.29 Å². The van der Waals surface area contributed by atoms with Gasteiger partial charge in [-0.1, -0.05) is 23.7 Å². The van der Waals surface area contributed by atoms with Gasteiger partial charge in [0.15, 0.2) is 0 Å². The molecular weight excluding hydrogens is 218 g/mol. The summed E-state index contributed by atoms with van der Waals surface area (Å²) in [5, 5.41) is 11.2. The summed E-state index contributed by atoms with van der Waals surface area (Å²) in [6.45, 7) is 0. The van der Waals surface area contributed by atoms with Gasteiger partial charge in [-0.15, -0.1) is 0 Å². The zero-order valence-electron chi connectivity index (χ0n) is 7.81. The Bertz CT molecular complexity index is 350. The van der Waals surface area contributed by atoms with Crippen LogP contribution in [0.1, 0.15) is 5.56 Å². The molecule has 4 nitrogen and oxygen atoms in total. The number of hydrogen-bond donors (Lipinski definition) is 2. The van der Waals surface area contributed by atoms with Crippen LogP contribution in [-0.2, 0) is 11.2 Å². The highest BCUT2D eigenvalue weighted by atomic mass is 35.5. The van der Waals surface area contributed by atoms with Crippen LogP contribution >= 0.6 is 11.6 Å². The molecule has 0 bridgehead atoms. The Kier molecular flexibility index (Phi) is 4.12. The number of carbonyl (C=O) groups excluding carboxylic acids is 1. The second-order valence-electron chi connectivity index (χ2n) is 3.02. The fourth-order valence-electron chi connectivity index (χ4n) is 1.17. The molecule has 0 radical (unpaired) electrons. The monoisotopic (exact) mass is 227 g/mol. The van der Waals surface area contributed by atoms with Gasteiger partial charge >= 0.3 is 6.09 Å². The SMILES string of the molecule is O=CC(Cc1ccc(Cl)cc1)NC(=O)O. The van der Waals surface area contributed by atoms with Crippen molar-refractivity contribution in [1.82, 2.24) is 5.32 Å². The predicted molar refractivity (Wildman–Crippen MR) is 56.2 cm³/mol. The highest BCUT2D eigenvalue weighted by Crippen LogP contribution is 2.10. The molecule has 0 fully saturated rings. The molecule has 1 rings (SSSR count). The van der Waals surface area contributed by atoms with E-state index < -0.39 is 12.1 Å². The van der Waals surface area contributed by atoms with E-state index in [-0.39, 0.29) is 0 Å². The normalized spacial score (nSPS) is 11.8. The molecule has 15 heavy (non-hydrogen) atoms. The largest absolute Gasteiger partial charge is 0.465 e. The fourth-order valence-corrected chi connectivity index (χ4v) is 1.29. The van der Waals surface area contributed by atoms with Crippen LogP contribution < -0.4 is 5.32 Å². The number of rotatable bonds is 4. The van der Waals surface area contributed by atoms with Crippen LogP contribution in [0.3, 0.4) is 0 Å². The van der Waals surface area contributed by atoms with E-state index in [2.05, 4.69) is 5.32 Å². The van der Waals surface area contributed by atoms with Crippen molar-refractivity contribution < 1.29 is 14.7 Å². The average Bonchev–Trinajstić information content (AvgIpc) is 2.19.